The van der Waals surface area contributed by atoms with Crippen LogP contribution in [0.15, 0.2) is 61.4 Å². The molecule has 2 heterocycles. The Labute approximate surface area is 152 Å². The highest BCUT2D eigenvalue weighted by Gasteiger charge is 2.17. The summed E-state index contributed by atoms with van der Waals surface area (Å²) in [5, 5.41) is 1.82. The number of hydrogen-bond acceptors (Lipinski definition) is 4. The zero-order chi connectivity index (χ0) is 18.7. The van der Waals surface area contributed by atoms with Crippen molar-refractivity contribution in [3.63, 3.8) is 0 Å². The molecule has 0 fully saturated rings. The molecule has 0 N–H and O–H groups in total. The van der Waals surface area contributed by atoms with Gasteiger partial charge in [0, 0.05) is 16.8 Å². The second-order valence-electron chi connectivity index (χ2n) is 6.68. The molecule has 0 spiro atoms. The van der Waals surface area contributed by atoms with Gasteiger partial charge in [0.1, 0.15) is 6.61 Å². The van der Waals surface area contributed by atoms with Gasteiger partial charge >= 0.3 is 5.63 Å². The quantitative estimate of drug-likeness (QED) is 0.408. The van der Waals surface area contributed by atoms with Gasteiger partial charge in [-0.25, -0.2) is 4.79 Å². The first kappa shape index (κ1) is 18.1. The van der Waals surface area contributed by atoms with E-state index in [0.29, 0.717) is 23.5 Å². The van der Waals surface area contributed by atoms with Crippen molar-refractivity contribution in [2.45, 2.75) is 40.5 Å². The first-order valence-electron chi connectivity index (χ1n) is 8.91. The van der Waals surface area contributed by atoms with Crippen LogP contribution >= 0.6 is 0 Å². The summed E-state index contributed by atoms with van der Waals surface area (Å²) in [6, 6.07) is 5.11. The number of aryl methyl sites for hydroxylation is 1. The molecule has 0 aliphatic rings. The average Bonchev–Trinajstić information content (AvgIpc) is 3.07. The molecule has 0 saturated carbocycles. The molecule has 0 atom stereocenters. The molecule has 4 nitrogen and oxygen atoms in total. The van der Waals surface area contributed by atoms with Gasteiger partial charge in [0.05, 0.1) is 6.26 Å². The Morgan fingerprint density at radius 3 is 2.65 bits per heavy atom. The summed E-state index contributed by atoms with van der Waals surface area (Å²) in [4.78, 5) is 11.7. The van der Waals surface area contributed by atoms with Crippen molar-refractivity contribution in [3.05, 3.63) is 63.7 Å². The normalized spacial score (nSPS) is 11.9. The molecule has 0 bridgehead atoms. The van der Waals surface area contributed by atoms with Gasteiger partial charge in [-0.05, 0) is 56.5 Å². The zero-order valence-corrected chi connectivity index (χ0v) is 15.7. The molecule has 0 unspecified atom stereocenters. The maximum Gasteiger partial charge on any atom is 0.336 e. The molecule has 3 rings (SSSR count). The summed E-state index contributed by atoms with van der Waals surface area (Å²) >= 11 is 0. The fourth-order valence-corrected chi connectivity index (χ4v) is 3.16. The van der Waals surface area contributed by atoms with Crippen molar-refractivity contribution < 1.29 is 13.6 Å². The molecule has 1 aromatic carbocycles. The van der Waals surface area contributed by atoms with E-state index < -0.39 is 5.63 Å². The summed E-state index contributed by atoms with van der Waals surface area (Å²) in [5.74, 6) is 0.479. The van der Waals surface area contributed by atoms with Gasteiger partial charge in [-0.1, -0.05) is 25.0 Å². The predicted octanol–water partition coefficient (Wildman–Crippen LogP) is 5.92. The first-order chi connectivity index (χ1) is 12.5. The van der Waals surface area contributed by atoms with Crippen molar-refractivity contribution in [3.8, 4) is 5.75 Å². The largest absolute Gasteiger partial charge is 0.482 e. The summed E-state index contributed by atoms with van der Waals surface area (Å²) in [6.45, 7) is 8.68. The standard InChI is InChI=1S/C22H24O4/c1-5-6-16(13-14(2)3)9-11-25-22-20-18(10-12-24-20)15(4)17-7-8-19(23)26-21(17)22/h7-10,12-13H,5-6,11H2,1-4H3/b16-9+. The van der Waals surface area contributed by atoms with E-state index in [1.165, 1.54) is 17.2 Å². The van der Waals surface area contributed by atoms with Crippen LogP contribution in [0.4, 0.5) is 0 Å². The topological polar surface area (TPSA) is 52.6 Å². The SMILES string of the molecule is CCC/C(C=C(C)C)=C\COc1c2occc2c(C)c2ccc(=O)oc12. The Hall–Kier alpha value is -2.75. The summed E-state index contributed by atoms with van der Waals surface area (Å²) < 4.78 is 17.1. The second-order valence-corrected chi connectivity index (χ2v) is 6.68. The van der Waals surface area contributed by atoms with E-state index >= 15 is 0 Å². The first-order valence-corrected chi connectivity index (χ1v) is 8.91. The monoisotopic (exact) mass is 352 g/mol. The van der Waals surface area contributed by atoms with Crippen molar-refractivity contribution in [1.82, 2.24) is 0 Å². The lowest BCUT2D eigenvalue weighted by molar-refractivity contribution is 0.355. The lowest BCUT2D eigenvalue weighted by Gasteiger charge is -2.10. The molecule has 0 saturated heterocycles. The molecule has 0 radical (unpaired) electrons. The van der Waals surface area contributed by atoms with Gasteiger partial charge in [0.25, 0.3) is 0 Å². The van der Waals surface area contributed by atoms with Crippen molar-refractivity contribution in [2.24, 2.45) is 0 Å². The summed E-state index contributed by atoms with van der Waals surface area (Å²) in [7, 11) is 0. The van der Waals surface area contributed by atoms with Crippen molar-refractivity contribution in [2.75, 3.05) is 6.61 Å². The minimum Gasteiger partial charge on any atom is -0.482 e. The molecule has 2 aromatic heterocycles. The Balaban J connectivity index is 2.04. The molecular formula is C22H24O4. The fraction of sp³-hybridized carbons (Fsp3) is 0.318. The van der Waals surface area contributed by atoms with E-state index in [4.69, 9.17) is 13.6 Å². The van der Waals surface area contributed by atoms with Gasteiger partial charge in [0.2, 0.25) is 5.75 Å². The van der Waals surface area contributed by atoms with E-state index in [1.54, 1.807) is 12.3 Å². The number of allylic oxidation sites excluding steroid dienone is 3. The van der Waals surface area contributed by atoms with E-state index in [-0.39, 0.29) is 0 Å². The number of hydrogen-bond donors (Lipinski definition) is 0. The molecule has 0 aliphatic carbocycles. The molecular weight excluding hydrogens is 328 g/mol. The third-order valence-corrected chi connectivity index (χ3v) is 4.30. The number of rotatable bonds is 6. The molecule has 26 heavy (non-hydrogen) atoms. The molecule has 0 aliphatic heterocycles. The zero-order valence-electron chi connectivity index (χ0n) is 15.7. The van der Waals surface area contributed by atoms with Crippen LogP contribution in [0.25, 0.3) is 21.9 Å². The summed E-state index contributed by atoms with van der Waals surface area (Å²) in [5.41, 5.74) is 4.14. The number of benzene rings is 1. The Kier molecular flexibility index (Phi) is 5.31. The van der Waals surface area contributed by atoms with Gasteiger partial charge < -0.3 is 13.6 Å². The van der Waals surface area contributed by atoms with Crippen LogP contribution < -0.4 is 10.4 Å². The lowest BCUT2D eigenvalue weighted by atomic mass is 10.1. The summed E-state index contributed by atoms with van der Waals surface area (Å²) in [6.07, 6.45) is 7.93. The third kappa shape index (κ3) is 3.59. The maximum absolute atomic E-state index is 11.7. The third-order valence-electron chi connectivity index (χ3n) is 4.30. The van der Waals surface area contributed by atoms with Crippen LogP contribution in [0.5, 0.6) is 5.75 Å². The van der Waals surface area contributed by atoms with Crippen LogP contribution in [-0.2, 0) is 0 Å². The predicted molar refractivity (Wildman–Crippen MR) is 105 cm³/mol. The molecule has 4 heteroatoms. The smallest absolute Gasteiger partial charge is 0.336 e. The van der Waals surface area contributed by atoms with Crippen molar-refractivity contribution >= 4 is 21.9 Å². The van der Waals surface area contributed by atoms with Crippen molar-refractivity contribution in [1.29, 1.82) is 0 Å². The minimum absolute atomic E-state index is 0.381. The lowest BCUT2D eigenvalue weighted by Crippen LogP contribution is -2.01. The van der Waals surface area contributed by atoms with Crippen LogP contribution in [0.3, 0.4) is 0 Å². The highest BCUT2D eigenvalue weighted by Crippen LogP contribution is 2.38. The van der Waals surface area contributed by atoms with Crippen LogP contribution in [-0.4, -0.2) is 6.61 Å². The highest BCUT2D eigenvalue weighted by atomic mass is 16.5. The highest BCUT2D eigenvalue weighted by molar-refractivity contribution is 6.03. The maximum atomic E-state index is 11.7. The van der Waals surface area contributed by atoms with Crippen LogP contribution in [0, 0.1) is 6.92 Å². The average molecular weight is 352 g/mol. The van der Waals surface area contributed by atoms with Gasteiger partial charge in [-0.2, -0.15) is 0 Å². The minimum atomic E-state index is -0.403. The number of fused-ring (bicyclic) bond motifs is 2. The Morgan fingerprint density at radius 1 is 1.15 bits per heavy atom. The Bertz CT molecular complexity index is 1040. The molecule has 0 amide bonds. The Morgan fingerprint density at radius 2 is 1.92 bits per heavy atom. The van der Waals surface area contributed by atoms with Gasteiger partial charge in [-0.3, -0.25) is 0 Å². The van der Waals surface area contributed by atoms with E-state index in [0.717, 1.165) is 29.2 Å². The van der Waals surface area contributed by atoms with E-state index in [1.807, 2.05) is 13.0 Å². The van der Waals surface area contributed by atoms with E-state index in [2.05, 4.69) is 32.9 Å². The van der Waals surface area contributed by atoms with Gasteiger partial charge in [0.15, 0.2) is 11.2 Å². The molecule has 136 valence electrons. The second kappa shape index (κ2) is 7.65. The number of ether oxygens (including phenoxy) is 1. The van der Waals surface area contributed by atoms with Crippen LogP contribution in [0.1, 0.15) is 39.2 Å². The van der Waals surface area contributed by atoms with Gasteiger partial charge in [-0.15, -0.1) is 0 Å². The molecule has 3 aromatic rings. The van der Waals surface area contributed by atoms with Crippen LogP contribution in [0.2, 0.25) is 0 Å². The fourth-order valence-electron chi connectivity index (χ4n) is 3.16. The number of furan rings is 1. The van der Waals surface area contributed by atoms with E-state index in [9.17, 15) is 4.79 Å².